The van der Waals surface area contributed by atoms with E-state index in [1.54, 1.807) is 0 Å². The van der Waals surface area contributed by atoms with Crippen molar-refractivity contribution < 1.29 is 21.6 Å². The highest BCUT2D eigenvalue weighted by atomic mass is 35.5. The molecule has 0 N–H and O–H groups in total. The minimum absolute atomic E-state index is 0.103. The Bertz CT molecular complexity index is 1090. The Morgan fingerprint density at radius 3 is 2.29 bits per heavy atom. The lowest BCUT2D eigenvalue weighted by molar-refractivity contribution is 0.504. The van der Waals surface area contributed by atoms with Crippen molar-refractivity contribution in [2.24, 2.45) is 0 Å². The standard InChI is InChI=1S/C15H6Cl2F3NO2S/c16-9-4-8-13(5-11(9)19)21-6-14(15(8)17)24(22,23)7-1-2-10(18)12(20)3-7/h1-6H. The number of hydrogen-bond acceptors (Lipinski definition) is 3. The van der Waals surface area contributed by atoms with Crippen LogP contribution in [-0.2, 0) is 9.84 Å². The third-order valence-corrected chi connectivity index (χ3v) is 5.88. The van der Waals surface area contributed by atoms with Gasteiger partial charge in [0.05, 0.1) is 20.5 Å². The van der Waals surface area contributed by atoms with Crippen LogP contribution in [0.2, 0.25) is 10.0 Å². The SMILES string of the molecule is O=S(=O)(c1ccc(F)c(F)c1)c1cnc2cc(F)c(Cl)cc2c1Cl. The van der Waals surface area contributed by atoms with Gasteiger partial charge in [-0.15, -0.1) is 0 Å². The second-order valence-corrected chi connectivity index (χ2v) is 7.50. The first kappa shape index (κ1) is 17.0. The molecule has 0 saturated carbocycles. The summed E-state index contributed by atoms with van der Waals surface area (Å²) in [5.41, 5.74) is 0.103. The smallest absolute Gasteiger partial charge is 0.209 e. The van der Waals surface area contributed by atoms with Gasteiger partial charge >= 0.3 is 0 Å². The van der Waals surface area contributed by atoms with Gasteiger partial charge in [-0.05, 0) is 24.3 Å². The molecule has 0 atom stereocenters. The average Bonchev–Trinajstić information content (AvgIpc) is 2.52. The highest BCUT2D eigenvalue weighted by Crippen LogP contribution is 2.34. The fraction of sp³-hybridized carbons (Fsp3) is 0. The molecule has 0 aliphatic carbocycles. The van der Waals surface area contributed by atoms with E-state index in [-0.39, 0.29) is 20.9 Å². The topological polar surface area (TPSA) is 47.0 Å². The van der Waals surface area contributed by atoms with Crippen LogP contribution < -0.4 is 0 Å². The zero-order valence-electron chi connectivity index (χ0n) is 11.5. The number of halogens is 5. The van der Waals surface area contributed by atoms with E-state index < -0.39 is 37.1 Å². The van der Waals surface area contributed by atoms with Crippen molar-refractivity contribution >= 4 is 43.9 Å². The third-order valence-electron chi connectivity index (χ3n) is 3.30. The highest BCUT2D eigenvalue weighted by Gasteiger charge is 2.24. The second-order valence-electron chi connectivity index (χ2n) is 4.80. The van der Waals surface area contributed by atoms with Crippen LogP contribution in [0.5, 0.6) is 0 Å². The van der Waals surface area contributed by atoms with Crippen molar-refractivity contribution in [3.8, 4) is 0 Å². The summed E-state index contributed by atoms with van der Waals surface area (Å²) in [5.74, 6) is -3.23. The van der Waals surface area contributed by atoms with Crippen molar-refractivity contribution in [2.45, 2.75) is 9.79 Å². The van der Waals surface area contributed by atoms with Gasteiger partial charge in [-0.2, -0.15) is 0 Å². The fourth-order valence-electron chi connectivity index (χ4n) is 2.09. The van der Waals surface area contributed by atoms with Crippen LogP contribution in [0.4, 0.5) is 13.2 Å². The van der Waals surface area contributed by atoms with Crippen LogP contribution in [0.25, 0.3) is 10.9 Å². The van der Waals surface area contributed by atoms with Crippen LogP contribution in [0.1, 0.15) is 0 Å². The molecule has 0 bridgehead atoms. The van der Waals surface area contributed by atoms with E-state index in [4.69, 9.17) is 23.2 Å². The molecule has 1 heterocycles. The number of aromatic nitrogens is 1. The average molecular weight is 392 g/mol. The molecule has 124 valence electrons. The van der Waals surface area contributed by atoms with Gasteiger partial charge in [-0.3, -0.25) is 4.98 Å². The quantitative estimate of drug-likeness (QED) is 0.589. The molecule has 0 radical (unpaired) electrons. The minimum atomic E-state index is -4.26. The molecule has 3 nitrogen and oxygen atoms in total. The Labute approximate surface area is 144 Å². The molecular weight excluding hydrogens is 386 g/mol. The molecule has 24 heavy (non-hydrogen) atoms. The molecule has 0 unspecified atom stereocenters. The Morgan fingerprint density at radius 2 is 1.62 bits per heavy atom. The molecule has 0 amide bonds. The van der Waals surface area contributed by atoms with E-state index in [0.29, 0.717) is 12.1 Å². The number of fused-ring (bicyclic) bond motifs is 1. The zero-order valence-corrected chi connectivity index (χ0v) is 13.9. The molecular formula is C15H6Cl2F3NO2S. The zero-order chi connectivity index (χ0) is 17.6. The number of sulfone groups is 1. The van der Waals surface area contributed by atoms with Gasteiger partial charge in [0.2, 0.25) is 9.84 Å². The van der Waals surface area contributed by atoms with E-state index >= 15 is 0 Å². The molecule has 3 aromatic rings. The van der Waals surface area contributed by atoms with Gasteiger partial charge in [0.1, 0.15) is 10.7 Å². The molecule has 0 fully saturated rings. The van der Waals surface area contributed by atoms with Crippen molar-refractivity contribution in [2.75, 3.05) is 0 Å². The van der Waals surface area contributed by atoms with Gasteiger partial charge in [0.15, 0.2) is 11.6 Å². The van der Waals surface area contributed by atoms with Crippen molar-refractivity contribution in [3.63, 3.8) is 0 Å². The number of pyridine rings is 1. The third kappa shape index (κ3) is 2.72. The van der Waals surface area contributed by atoms with Crippen LogP contribution in [0, 0.1) is 17.5 Å². The molecule has 1 aromatic heterocycles. The molecule has 9 heteroatoms. The Morgan fingerprint density at radius 1 is 0.917 bits per heavy atom. The maximum Gasteiger partial charge on any atom is 0.209 e. The molecule has 0 aliphatic rings. The number of nitrogens with zero attached hydrogens (tertiary/aromatic N) is 1. The largest absolute Gasteiger partial charge is 0.255 e. The van der Waals surface area contributed by atoms with Crippen LogP contribution >= 0.6 is 23.2 Å². The lowest BCUT2D eigenvalue weighted by Crippen LogP contribution is -2.05. The molecule has 0 aliphatic heterocycles. The number of benzene rings is 2. The monoisotopic (exact) mass is 391 g/mol. The van der Waals surface area contributed by atoms with Crippen LogP contribution in [-0.4, -0.2) is 13.4 Å². The van der Waals surface area contributed by atoms with Gasteiger partial charge < -0.3 is 0 Å². The van der Waals surface area contributed by atoms with Crippen LogP contribution in [0.15, 0.2) is 46.3 Å². The van der Waals surface area contributed by atoms with Crippen molar-refractivity contribution in [1.82, 2.24) is 4.98 Å². The predicted molar refractivity (Wildman–Crippen MR) is 83.5 cm³/mol. The molecule has 2 aromatic carbocycles. The van der Waals surface area contributed by atoms with E-state index in [1.807, 2.05) is 0 Å². The summed E-state index contributed by atoms with van der Waals surface area (Å²) < 4.78 is 65.0. The summed E-state index contributed by atoms with van der Waals surface area (Å²) in [4.78, 5) is 2.93. The van der Waals surface area contributed by atoms with E-state index in [1.165, 1.54) is 0 Å². The maximum absolute atomic E-state index is 13.5. The van der Waals surface area contributed by atoms with E-state index in [2.05, 4.69) is 4.98 Å². The number of hydrogen-bond donors (Lipinski definition) is 0. The van der Waals surface area contributed by atoms with Crippen molar-refractivity contribution in [1.29, 1.82) is 0 Å². The lowest BCUT2D eigenvalue weighted by atomic mass is 10.2. The summed E-state index contributed by atoms with van der Waals surface area (Å²) in [7, 11) is -4.26. The molecule has 3 rings (SSSR count). The van der Waals surface area contributed by atoms with Crippen LogP contribution in [0.3, 0.4) is 0 Å². The van der Waals surface area contributed by atoms with Crippen molar-refractivity contribution in [3.05, 3.63) is 64.0 Å². The lowest BCUT2D eigenvalue weighted by Gasteiger charge is -2.09. The van der Waals surface area contributed by atoms with Gasteiger partial charge in [0.25, 0.3) is 0 Å². The Hall–Kier alpha value is -1.83. The fourth-order valence-corrected chi connectivity index (χ4v) is 4.06. The van der Waals surface area contributed by atoms with Gasteiger partial charge in [-0.1, -0.05) is 23.2 Å². The first-order valence-electron chi connectivity index (χ1n) is 6.35. The maximum atomic E-state index is 13.5. The van der Waals surface area contributed by atoms with Gasteiger partial charge in [-0.25, -0.2) is 21.6 Å². The Kier molecular flexibility index (Phi) is 4.19. The highest BCUT2D eigenvalue weighted by molar-refractivity contribution is 7.91. The number of rotatable bonds is 2. The molecule has 0 saturated heterocycles. The summed E-state index contributed by atoms with van der Waals surface area (Å²) >= 11 is 11.8. The van der Waals surface area contributed by atoms with Gasteiger partial charge in [0, 0.05) is 17.6 Å². The van der Waals surface area contributed by atoms with E-state index in [9.17, 15) is 21.6 Å². The Balaban J connectivity index is 2.26. The molecule has 0 spiro atoms. The first-order valence-corrected chi connectivity index (χ1v) is 8.59. The predicted octanol–water partition coefficient (Wildman–Crippen LogP) is 4.79. The summed E-state index contributed by atoms with van der Waals surface area (Å²) in [6.07, 6.45) is 0.925. The van der Waals surface area contributed by atoms with E-state index in [0.717, 1.165) is 24.4 Å². The second kappa shape index (κ2) is 5.91. The summed E-state index contributed by atoms with van der Waals surface area (Å²) in [6.45, 7) is 0. The summed E-state index contributed by atoms with van der Waals surface area (Å²) in [6, 6.07) is 4.30. The first-order chi connectivity index (χ1) is 11.2. The normalized spacial score (nSPS) is 11.9. The minimum Gasteiger partial charge on any atom is -0.255 e. The summed E-state index contributed by atoms with van der Waals surface area (Å²) in [5, 5.41) is -0.382.